The van der Waals surface area contributed by atoms with Crippen molar-refractivity contribution in [3.05, 3.63) is 35.9 Å². The van der Waals surface area contributed by atoms with Crippen LogP contribution in [0.15, 0.2) is 30.3 Å². The molecule has 0 unspecified atom stereocenters. The Morgan fingerprint density at radius 3 is 2.44 bits per heavy atom. The van der Waals surface area contributed by atoms with E-state index in [0.717, 1.165) is 38.5 Å². The maximum atomic E-state index is 11.9. The fourth-order valence-electron chi connectivity index (χ4n) is 2.35. The lowest BCUT2D eigenvalue weighted by molar-refractivity contribution is -0.0282. The van der Waals surface area contributed by atoms with E-state index in [2.05, 4.69) is 0 Å². The highest BCUT2D eigenvalue weighted by molar-refractivity contribution is 5.89. The molecule has 1 fully saturated rings. The van der Waals surface area contributed by atoms with Crippen LogP contribution in [-0.4, -0.2) is 23.3 Å². The van der Waals surface area contributed by atoms with Gasteiger partial charge in [-0.1, -0.05) is 37.5 Å². The van der Waals surface area contributed by atoms with Gasteiger partial charge in [0.1, 0.15) is 6.10 Å². The Bertz CT molecular complexity index is 375. The van der Waals surface area contributed by atoms with Gasteiger partial charge >= 0.3 is 5.97 Å². The standard InChI is InChI=1S/C15H20O3/c16-13-10-6-1-2-7-11-14(13)18-15(17)12-8-4-3-5-9-12/h3-5,8-9,13-14,16H,1-2,6-7,10-11H2/t13-,14+/m0/s1. The quantitative estimate of drug-likeness (QED) is 0.818. The molecule has 2 rings (SSSR count). The predicted molar refractivity (Wildman–Crippen MR) is 69.4 cm³/mol. The Balaban J connectivity index is 1.96. The summed E-state index contributed by atoms with van der Waals surface area (Å²) in [4.78, 5) is 11.9. The zero-order valence-corrected chi connectivity index (χ0v) is 10.5. The molecule has 1 N–H and O–H groups in total. The Labute approximate surface area is 108 Å². The highest BCUT2D eigenvalue weighted by Gasteiger charge is 2.24. The van der Waals surface area contributed by atoms with E-state index in [1.807, 2.05) is 18.2 Å². The van der Waals surface area contributed by atoms with Gasteiger partial charge in [-0.05, 0) is 31.4 Å². The normalized spacial score (nSPS) is 24.9. The van der Waals surface area contributed by atoms with Crippen molar-refractivity contribution in [2.75, 3.05) is 0 Å². The van der Waals surface area contributed by atoms with Crippen LogP contribution in [0.5, 0.6) is 0 Å². The summed E-state index contributed by atoms with van der Waals surface area (Å²) in [5, 5.41) is 9.99. The zero-order valence-electron chi connectivity index (χ0n) is 10.5. The number of hydrogen-bond acceptors (Lipinski definition) is 3. The van der Waals surface area contributed by atoms with Crippen LogP contribution in [-0.2, 0) is 4.74 Å². The number of carbonyl (C=O) groups excluding carboxylic acids is 1. The van der Waals surface area contributed by atoms with Crippen LogP contribution >= 0.6 is 0 Å². The number of benzene rings is 1. The van der Waals surface area contributed by atoms with Crippen LogP contribution in [0, 0.1) is 0 Å². The van der Waals surface area contributed by atoms with Crippen molar-refractivity contribution in [2.45, 2.75) is 50.7 Å². The molecule has 1 aliphatic carbocycles. The van der Waals surface area contributed by atoms with E-state index in [0.29, 0.717) is 5.56 Å². The van der Waals surface area contributed by atoms with E-state index < -0.39 is 6.10 Å². The smallest absolute Gasteiger partial charge is 0.338 e. The minimum absolute atomic E-state index is 0.333. The lowest BCUT2D eigenvalue weighted by Crippen LogP contribution is -2.32. The molecule has 3 nitrogen and oxygen atoms in total. The van der Waals surface area contributed by atoms with Gasteiger partial charge in [0.05, 0.1) is 11.7 Å². The van der Waals surface area contributed by atoms with E-state index in [-0.39, 0.29) is 12.1 Å². The average Bonchev–Trinajstić information content (AvgIpc) is 2.39. The van der Waals surface area contributed by atoms with Crippen LogP contribution in [0.3, 0.4) is 0 Å². The summed E-state index contributed by atoms with van der Waals surface area (Å²) in [6.07, 6.45) is 4.98. The lowest BCUT2D eigenvalue weighted by atomic mass is 9.96. The van der Waals surface area contributed by atoms with Crippen molar-refractivity contribution >= 4 is 5.97 Å². The minimum atomic E-state index is -0.516. The van der Waals surface area contributed by atoms with Crippen LogP contribution in [0.4, 0.5) is 0 Å². The van der Waals surface area contributed by atoms with Crippen LogP contribution in [0.1, 0.15) is 48.9 Å². The van der Waals surface area contributed by atoms with Gasteiger partial charge in [0, 0.05) is 0 Å². The molecule has 1 saturated carbocycles. The molecule has 1 aliphatic rings. The van der Waals surface area contributed by atoms with Gasteiger partial charge in [-0.3, -0.25) is 0 Å². The maximum Gasteiger partial charge on any atom is 0.338 e. The zero-order chi connectivity index (χ0) is 12.8. The van der Waals surface area contributed by atoms with Gasteiger partial charge in [0.25, 0.3) is 0 Å². The number of aliphatic hydroxyl groups is 1. The largest absolute Gasteiger partial charge is 0.456 e. The van der Waals surface area contributed by atoms with E-state index in [4.69, 9.17) is 4.74 Å². The number of esters is 1. The average molecular weight is 248 g/mol. The first-order chi connectivity index (χ1) is 8.77. The van der Waals surface area contributed by atoms with Crippen molar-refractivity contribution in [1.82, 2.24) is 0 Å². The molecule has 0 radical (unpaired) electrons. The maximum absolute atomic E-state index is 11.9. The number of aliphatic hydroxyl groups excluding tert-OH is 1. The van der Waals surface area contributed by atoms with Gasteiger partial charge in [-0.2, -0.15) is 0 Å². The van der Waals surface area contributed by atoms with E-state index >= 15 is 0 Å². The first-order valence-corrected chi connectivity index (χ1v) is 6.71. The third-order valence-corrected chi connectivity index (χ3v) is 3.44. The van der Waals surface area contributed by atoms with Gasteiger partial charge in [-0.15, -0.1) is 0 Å². The molecule has 0 aromatic heterocycles. The van der Waals surface area contributed by atoms with Crippen LogP contribution < -0.4 is 0 Å². The highest BCUT2D eigenvalue weighted by Crippen LogP contribution is 2.21. The summed E-state index contributed by atoms with van der Waals surface area (Å²) in [6, 6.07) is 8.95. The monoisotopic (exact) mass is 248 g/mol. The SMILES string of the molecule is O=C(O[C@@H]1CCCCCC[C@@H]1O)c1ccccc1. The molecule has 0 saturated heterocycles. The molecule has 2 atom stereocenters. The summed E-state index contributed by atoms with van der Waals surface area (Å²) >= 11 is 0. The van der Waals surface area contributed by atoms with Crippen molar-refractivity contribution < 1.29 is 14.6 Å². The minimum Gasteiger partial charge on any atom is -0.456 e. The molecular weight excluding hydrogens is 228 g/mol. The van der Waals surface area contributed by atoms with Crippen LogP contribution in [0.25, 0.3) is 0 Å². The molecule has 0 amide bonds. The fraction of sp³-hybridized carbons (Fsp3) is 0.533. The second-order valence-corrected chi connectivity index (χ2v) is 4.87. The molecule has 3 heteroatoms. The Hall–Kier alpha value is -1.35. The van der Waals surface area contributed by atoms with Crippen LogP contribution in [0.2, 0.25) is 0 Å². The Kier molecular flexibility index (Phi) is 4.76. The van der Waals surface area contributed by atoms with E-state index in [9.17, 15) is 9.90 Å². The van der Waals surface area contributed by atoms with E-state index in [1.54, 1.807) is 12.1 Å². The molecule has 0 bridgehead atoms. The molecule has 0 aliphatic heterocycles. The Morgan fingerprint density at radius 1 is 1.06 bits per heavy atom. The molecule has 0 heterocycles. The first-order valence-electron chi connectivity index (χ1n) is 6.71. The summed E-state index contributed by atoms with van der Waals surface area (Å²) in [6.45, 7) is 0. The summed E-state index contributed by atoms with van der Waals surface area (Å²) < 4.78 is 5.44. The number of carbonyl (C=O) groups is 1. The van der Waals surface area contributed by atoms with Crippen molar-refractivity contribution in [3.63, 3.8) is 0 Å². The molecule has 18 heavy (non-hydrogen) atoms. The molecule has 0 spiro atoms. The topological polar surface area (TPSA) is 46.5 Å². The highest BCUT2D eigenvalue weighted by atomic mass is 16.6. The Morgan fingerprint density at radius 2 is 1.72 bits per heavy atom. The molecule has 98 valence electrons. The van der Waals surface area contributed by atoms with E-state index in [1.165, 1.54) is 0 Å². The number of ether oxygens (including phenoxy) is 1. The molecule has 1 aromatic rings. The van der Waals surface area contributed by atoms with Crippen molar-refractivity contribution in [2.24, 2.45) is 0 Å². The summed E-state index contributed by atoms with van der Waals surface area (Å²) in [5.41, 5.74) is 0.548. The third kappa shape index (κ3) is 3.57. The second-order valence-electron chi connectivity index (χ2n) is 4.87. The van der Waals surface area contributed by atoms with Gasteiger partial charge in [-0.25, -0.2) is 4.79 Å². The van der Waals surface area contributed by atoms with Gasteiger partial charge in [0.15, 0.2) is 0 Å². The van der Waals surface area contributed by atoms with Crippen molar-refractivity contribution in [1.29, 1.82) is 0 Å². The number of rotatable bonds is 2. The van der Waals surface area contributed by atoms with Crippen molar-refractivity contribution in [3.8, 4) is 0 Å². The fourth-order valence-corrected chi connectivity index (χ4v) is 2.35. The third-order valence-electron chi connectivity index (χ3n) is 3.44. The number of hydrogen-bond donors (Lipinski definition) is 1. The van der Waals surface area contributed by atoms with Gasteiger partial charge in [0.2, 0.25) is 0 Å². The summed E-state index contributed by atoms with van der Waals surface area (Å²) in [5.74, 6) is -0.333. The predicted octanol–water partition coefficient (Wildman–Crippen LogP) is 2.93. The lowest BCUT2D eigenvalue weighted by Gasteiger charge is -2.25. The second kappa shape index (κ2) is 6.55. The first kappa shape index (κ1) is 13.1. The van der Waals surface area contributed by atoms with Gasteiger partial charge < -0.3 is 9.84 Å². The molecule has 1 aromatic carbocycles. The molecular formula is C15H20O3. The summed E-state index contributed by atoms with van der Waals surface area (Å²) in [7, 11) is 0.